The highest BCUT2D eigenvalue weighted by Crippen LogP contribution is 2.48. The summed E-state index contributed by atoms with van der Waals surface area (Å²) < 4.78 is -0.550. The van der Waals surface area contributed by atoms with Crippen molar-refractivity contribution >= 4 is 17.7 Å². The molecular weight excluding hydrogens is 378 g/mol. The number of hydrogen-bond donors (Lipinski definition) is 2. The van der Waals surface area contributed by atoms with Crippen molar-refractivity contribution in [2.75, 3.05) is 5.75 Å². The first kappa shape index (κ1) is 21.2. The van der Waals surface area contributed by atoms with Crippen molar-refractivity contribution in [1.82, 2.24) is 0 Å². The molecule has 0 fully saturated rings. The molecule has 0 amide bonds. The predicted molar refractivity (Wildman–Crippen MR) is 121 cm³/mol. The van der Waals surface area contributed by atoms with Crippen LogP contribution in [0.2, 0.25) is 0 Å². The lowest BCUT2D eigenvalue weighted by Crippen LogP contribution is -2.36. The minimum absolute atomic E-state index is 0.297. The molecule has 3 aromatic carbocycles. The molecule has 3 rings (SSSR count). The molecular formula is C25H27NO2S. The molecule has 0 spiro atoms. The zero-order valence-corrected chi connectivity index (χ0v) is 17.6. The van der Waals surface area contributed by atoms with Crippen molar-refractivity contribution in [3.05, 3.63) is 107 Å². The molecule has 0 aromatic heterocycles. The van der Waals surface area contributed by atoms with Crippen LogP contribution in [0.3, 0.4) is 0 Å². The lowest BCUT2D eigenvalue weighted by atomic mass is 9.83. The van der Waals surface area contributed by atoms with Gasteiger partial charge in [-0.05, 0) is 28.2 Å². The van der Waals surface area contributed by atoms with E-state index in [2.05, 4.69) is 62.4 Å². The Labute approximate surface area is 177 Å². The van der Waals surface area contributed by atoms with E-state index in [0.29, 0.717) is 11.7 Å². The van der Waals surface area contributed by atoms with Gasteiger partial charge in [-0.1, -0.05) is 98.8 Å². The van der Waals surface area contributed by atoms with Crippen LogP contribution in [0.25, 0.3) is 0 Å². The molecule has 3 nitrogen and oxygen atoms in total. The second-order valence-electron chi connectivity index (χ2n) is 7.45. The molecule has 0 unspecified atom stereocenters. The Kier molecular flexibility index (Phi) is 6.78. The van der Waals surface area contributed by atoms with Gasteiger partial charge in [0, 0.05) is 5.75 Å². The van der Waals surface area contributed by atoms with Crippen LogP contribution >= 0.6 is 11.8 Å². The number of aliphatic carboxylic acids is 1. The van der Waals surface area contributed by atoms with Gasteiger partial charge < -0.3 is 10.8 Å². The van der Waals surface area contributed by atoms with Crippen molar-refractivity contribution < 1.29 is 9.90 Å². The minimum Gasteiger partial charge on any atom is -0.480 e. The minimum atomic E-state index is -0.984. The van der Waals surface area contributed by atoms with Gasteiger partial charge in [0.2, 0.25) is 0 Å². The summed E-state index contributed by atoms with van der Waals surface area (Å²) in [6.45, 7) is 4.36. The summed E-state index contributed by atoms with van der Waals surface area (Å²) in [6.07, 6.45) is 0. The van der Waals surface area contributed by atoms with Crippen molar-refractivity contribution in [2.45, 2.75) is 30.6 Å². The number of carbonyl (C=O) groups is 1. The second-order valence-corrected chi connectivity index (χ2v) is 8.68. The van der Waals surface area contributed by atoms with Gasteiger partial charge >= 0.3 is 5.97 Å². The van der Waals surface area contributed by atoms with E-state index < -0.39 is 16.8 Å². The van der Waals surface area contributed by atoms with Gasteiger partial charge in [0.1, 0.15) is 6.04 Å². The average Bonchev–Trinajstić information content (AvgIpc) is 2.76. The molecule has 3 aromatic rings. The van der Waals surface area contributed by atoms with Gasteiger partial charge in [0.15, 0.2) is 0 Å². The van der Waals surface area contributed by atoms with Crippen LogP contribution in [0, 0.1) is 0 Å². The summed E-state index contributed by atoms with van der Waals surface area (Å²) in [6, 6.07) is 28.2. The first-order valence-corrected chi connectivity index (χ1v) is 10.8. The fourth-order valence-electron chi connectivity index (χ4n) is 3.48. The second kappa shape index (κ2) is 9.29. The number of thioether (sulfide) groups is 1. The molecule has 4 heteroatoms. The summed E-state index contributed by atoms with van der Waals surface area (Å²) in [5.41, 5.74) is 10.5. The normalized spacial score (nSPS) is 12.7. The van der Waals surface area contributed by atoms with Gasteiger partial charge in [-0.15, -0.1) is 11.8 Å². The SMILES string of the molecule is CC(C)c1ccc(C(SC[C@H](N)C(=O)O)(c2ccccc2)c2ccccc2)cc1. The van der Waals surface area contributed by atoms with Crippen molar-refractivity contribution in [3.8, 4) is 0 Å². The smallest absolute Gasteiger partial charge is 0.321 e. The number of nitrogens with two attached hydrogens (primary N) is 1. The lowest BCUT2D eigenvalue weighted by Gasteiger charge is -2.36. The van der Waals surface area contributed by atoms with E-state index in [1.54, 1.807) is 11.8 Å². The molecule has 0 aliphatic rings. The largest absolute Gasteiger partial charge is 0.480 e. The van der Waals surface area contributed by atoms with E-state index in [4.69, 9.17) is 5.73 Å². The fraction of sp³-hybridized carbons (Fsp3) is 0.240. The predicted octanol–water partition coefficient (Wildman–Crippen LogP) is 5.25. The maximum Gasteiger partial charge on any atom is 0.321 e. The quantitative estimate of drug-likeness (QED) is 0.503. The first-order valence-electron chi connectivity index (χ1n) is 9.79. The third-order valence-electron chi connectivity index (χ3n) is 5.14. The third-order valence-corrected chi connectivity index (χ3v) is 6.81. The Morgan fingerprint density at radius 2 is 1.31 bits per heavy atom. The van der Waals surface area contributed by atoms with Gasteiger partial charge in [0.05, 0.1) is 4.75 Å². The van der Waals surface area contributed by atoms with Gasteiger partial charge in [0.25, 0.3) is 0 Å². The zero-order chi connectivity index (χ0) is 20.9. The molecule has 3 N–H and O–H groups in total. The zero-order valence-electron chi connectivity index (χ0n) is 16.8. The molecule has 0 heterocycles. The van der Waals surface area contributed by atoms with Crippen molar-refractivity contribution in [1.29, 1.82) is 0 Å². The summed E-state index contributed by atoms with van der Waals surface area (Å²) in [4.78, 5) is 11.4. The lowest BCUT2D eigenvalue weighted by molar-refractivity contribution is -0.137. The summed E-state index contributed by atoms with van der Waals surface area (Å²) in [7, 11) is 0. The van der Waals surface area contributed by atoms with E-state index >= 15 is 0 Å². The van der Waals surface area contributed by atoms with Gasteiger partial charge in [-0.25, -0.2) is 0 Å². The molecule has 0 radical (unpaired) electrons. The highest BCUT2D eigenvalue weighted by Gasteiger charge is 2.37. The number of rotatable bonds is 8. The monoisotopic (exact) mass is 405 g/mol. The Morgan fingerprint density at radius 1 is 0.862 bits per heavy atom. The van der Waals surface area contributed by atoms with Crippen LogP contribution in [0.5, 0.6) is 0 Å². The topological polar surface area (TPSA) is 63.3 Å². The van der Waals surface area contributed by atoms with Gasteiger partial charge in [-0.3, -0.25) is 4.79 Å². The van der Waals surface area contributed by atoms with Crippen molar-refractivity contribution in [2.24, 2.45) is 5.73 Å². The number of benzene rings is 3. The average molecular weight is 406 g/mol. The summed E-state index contributed by atoms with van der Waals surface area (Å²) >= 11 is 1.57. The number of carboxylic acid groups (broad SMARTS) is 1. The summed E-state index contributed by atoms with van der Waals surface area (Å²) in [5.74, 6) is -0.243. The van der Waals surface area contributed by atoms with E-state index in [0.717, 1.165) is 16.7 Å². The van der Waals surface area contributed by atoms with Crippen LogP contribution in [0.1, 0.15) is 42.0 Å². The molecule has 0 aliphatic heterocycles. The maximum atomic E-state index is 11.4. The van der Waals surface area contributed by atoms with Crippen LogP contribution in [0.4, 0.5) is 0 Å². The van der Waals surface area contributed by atoms with Crippen LogP contribution in [-0.4, -0.2) is 22.9 Å². The Morgan fingerprint density at radius 3 is 1.72 bits per heavy atom. The van der Waals surface area contributed by atoms with Crippen LogP contribution < -0.4 is 5.73 Å². The van der Waals surface area contributed by atoms with Crippen molar-refractivity contribution in [3.63, 3.8) is 0 Å². The third kappa shape index (κ3) is 4.55. The molecule has 29 heavy (non-hydrogen) atoms. The van der Waals surface area contributed by atoms with Gasteiger partial charge in [-0.2, -0.15) is 0 Å². The van der Waals surface area contributed by atoms with E-state index in [-0.39, 0.29) is 0 Å². The highest BCUT2D eigenvalue weighted by molar-refractivity contribution is 8.00. The molecule has 0 saturated heterocycles. The highest BCUT2D eigenvalue weighted by atomic mass is 32.2. The Bertz CT molecular complexity index is 885. The van der Waals surface area contributed by atoms with E-state index in [1.807, 2.05) is 36.4 Å². The van der Waals surface area contributed by atoms with E-state index in [9.17, 15) is 9.90 Å². The Balaban J connectivity index is 2.20. The number of hydrogen-bond acceptors (Lipinski definition) is 3. The molecule has 1 atom stereocenters. The molecule has 150 valence electrons. The Hall–Kier alpha value is -2.56. The summed E-state index contributed by atoms with van der Waals surface area (Å²) in [5, 5.41) is 9.35. The van der Waals surface area contributed by atoms with Crippen LogP contribution in [-0.2, 0) is 9.54 Å². The number of carboxylic acids is 1. The van der Waals surface area contributed by atoms with Crippen LogP contribution in [0.15, 0.2) is 84.9 Å². The van der Waals surface area contributed by atoms with E-state index in [1.165, 1.54) is 5.56 Å². The first-order chi connectivity index (χ1) is 13.9. The molecule has 0 aliphatic carbocycles. The molecule has 0 bridgehead atoms. The standard InChI is InChI=1S/C25H27NO2S/c1-18(2)19-13-15-22(16-14-19)25(20-9-5-3-6-10-20,21-11-7-4-8-12-21)29-17-23(26)24(27)28/h3-16,18,23H,17,26H2,1-2H3,(H,27,28)/t23-/m0/s1. The fourth-order valence-corrected chi connectivity index (χ4v) is 4.96. The maximum absolute atomic E-state index is 11.4. The molecule has 0 saturated carbocycles.